The minimum Gasteiger partial charge on any atom is -0.325 e. The van der Waals surface area contributed by atoms with Crippen LogP contribution in [0.5, 0.6) is 0 Å². The molecule has 1 aromatic rings. The van der Waals surface area contributed by atoms with Crippen LogP contribution in [0.15, 0.2) is 18.2 Å². The quantitative estimate of drug-likeness (QED) is 0.850. The maximum atomic E-state index is 13.0. The van der Waals surface area contributed by atoms with Crippen LogP contribution in [0.4, 0.5) is 14.5 Å². The molecule has 1 saturated heterocycles. The molecular weight excluding hydrogens is 238 g/mol. The zero-order valence-electron chi connectivity index (χ0n) is 10.2. The Morgan fingerprint density at radius 3 is 2.83 bits per heavy atom. The second kappa shape index (κ2) is 5.44. The van der Waals surface area contributed by atoms with E-state index in [0.717, 1.165) is 31.5 Å². The first kappa shape index (κ1) is 13.0. The lowest BCUT2D eigenvalue weighted by Crippen LogP contribution is -2.48. The maximum absolute atomic E-state index is 13.0. The summed E-state index contributed by atoms with van der Waals surface area (Å²) < 4.78 is 25.8. The van der Waals surface area contributed by atoms with Crippen LogP contribution < -0.4 is 10.6 Å². The predicted octanol–water partition coefficient (Wildman–Crippen LogP) is 2.29. The number of carbonyl (C=O) groups is 1. The van der Waals surface area contributed by atoms with Crippen LogP contribution in [0.1, 0.15) is 19.8 Å². The van der Waals surface area contributed by atoms with Gasteiger partial charge in [0, 0.05) is 11.8 Å². The molecule has 0 aliphatic carbocycles. The monoisotopic (exact) mass is 254 g/mol. The summed E-state index contributed by atoms with van der Waals surface area (Å²) in [5.41, 5.74) is 0.276. The zero-order valence-corrected chi connectivity index (χ0v) is 10.2. The average Bonchev–Trinajstić information content (AvgIpc) is 2.34. The second-order valence-electron chi connectivity index (χ2n) is 4.67. The van der Waals surface area contributed by atoms with Crippen molar-refractivity contribution >= 4 is 11.6 Å². The van der Waals surface area contributed by atoms with E-state index in [2.05, 4.69) is 10.6 Å². The van der Waals surface area contributed by atoms with Crippen LogP contribution in [-0.4, -0.2) is 18.5 Å². The van der Waals surface area contributed by atoms with Gasteiger partial charge < -0.3 is 10.6 Å². The van der Waals surface area contributed by atoms with E-state index in [1.807, 2.05) is 6.92 Å². The summed E-state index contributed by atoms with van der Waals surface area (Å²) in [6.45, 7) is 2.81. The van der Waals surface area contributed by atoms with Gasteiger partial charge in [0.05, 0.1) is 6.04 Å². The van der Waals surface area contributed by atoms with Crippen molar-refractivity contribution in [3.05, 3.63) is 29.8 Å². The summed E-state index contributed by atoms with van der Waals surface area (Å²) >= 11 is 0. The van der Waals surface area contributed by atoms with Crippen molar-refractivity contribution in [1.29, 1.82) is 0 Å². The van der Waals surface area contributed by atoms with Crippen molar-refractivity contribution in [3.8, 4) is 0 Å². The number of rotatable bonds is 2. The van der Waals surface area contributed by atoms with E-state index < -0.39 is 11.6 Å². The summed E-state index contributed by atoms with van der Waals surface area (Å²) in [5, 5.41) is 5.74. The van der Waals surface area contributed by atoms with Crippen molar-refractivity contribution in [3.63, 3.8) is 0 Å². The van der Waals surface area contributed by atoms with E-state index in [1.54, 1.807) is 0 Å². The van der Waals surface area contributed by atoms with Gasteiger partial charge in [-0.15, -0.1) is 0 Å². The molecule has 98 valence electrons. The first-order chi connectivity index (χ1) is 8.58. The molecule has 1 heterocycles. The van der Waals surface area contributed by atoms with Gasteiger partial charge in [0.1, 0.15) is 0 Å². The van der Waals surface area contributed by atoms with E-state index in [9.17, 15) is 13.6 Å². The van der Waals surface area contributed by atoms with Crippen LogP contribution in [-0.2, 0) is 4.79 Å². The van der Waals surface area contributed by atoms with E-state index in [1.165, 1.54) is 6.07 Å². The van der Waals surface area contributed by atoms with Crippen LogP contribution in [0.2, 0.25) is 0 Å². The van der Waals surface area contributed by atoms with Gasteiger partial charge in [-0.1, -0.05) is 6.92 Å². The molecule has 5 heteroatoms. The molecule has 2 N–H and O–H groups in total. The number of amides is 1. The Bertz CT molecular complexity index is 451. The summed E-state index contributed by atoms with van der Waals surface area (Å²) in [6.07, 6.45) is 2.04. The first-order valence-electron chi connectivity index (χ1n) is 6.07. The topological polar surface area (TPSA) is 41.1 Å². The number of piperidine rings is 1. The molecule has 1 aromatic carbocycles. The van der Waals surface area contributed by atoms with Crippen molar-refractivity contribution in [2.24, 2.45) is 5.92 Å². The fraction of sp³-hybridized carbons (Fsp3) is 0.462. The Hall–Kier alpha value is -1.49. The highest BCUT2D eigenvalue weighted by Crippen LogP contribution is 2.18. The lowest BCUT2D eigenvalue weighted by Gasteiger charge is -2.28. The summed E-state index contributed by atoms with van der Waals surface area (Å²) in [7, 11) is 0. The summed E-state index contributed by atoms with van der Waals surface area (Å²) in [5.74, 6) is -1.84. The van der Waals surface area contributed by atoms with Gasteiger partial charge in [0.15, 0.2) is 11.6 Å². The highest BCUT2D eigenvalue weighted by Gasteiger charge is 2.27. The molecule has 1 aliphatic heterocycles. The van der Waals surface area contributed by atoms with E-state index in [4.69, 9.17) is 0 Å². The Morgan fingerprint density at radius 1 is 1.39 bits per heavy atom. The van der Waals surface area contributed by atoms with E-state index in [0.29, 0.717) is 0 Å². The lowest BCUT2D eigenvalue weighted by molar-refractivity contribution is -0.119. The Morgan fingerprint density at radius 2 is 2.17 bits per heavy atom. The van der Waals surface area contributed by atoms with Gasteiger partial charge in [0.2, 0.25) is 5.91 Å². The minimum atomic E-state index is -0.961. The average molecular weight is 254 g/mol. The van der Waals surface area contributed by atoms with Gasteiger partial charge in [0.25, 0.3) is 0 Å². The number of carbonyl (C=O) groups excluding carboxylic acids is 1. The first-order valence-corrected chi connectivity index (χ1v) is 6.07. The third kappa shape index (κ3) is 2.85. The molecular formula is C13H16F2N2O. The minimum absolute atomic E-state index is 0.201. The van der Waals surface area contributed by atoms with Crippen molar-refractivity contribution in [1.82, 2.24) is 5.32 Å². The van der Waals surface area contributed by atoms with Gasteiger partial charge in [-0.05, 0) is 37.4 Å². The molecule has 2 rings (SSSR count). The van der Waals surface area contributed by atoms with Crippen molar-refractivity contribution in [2.45, 2.75) is 25.8 Å². The third-order valence-corrected chi connectivity index (χ3v) is 3.24. The molecule has 1 aliphatic rings. The highest BCUT2D eigenvalue weighted by molar-refractivity contribution is 5.95. The van der Waals surface area contributed by atoms with Crippen molar-refractivity contribution < 1.29 is 13.6 Å². The Kier molecular flexibility index (Phi) is 3.91. The third-order valence-electron chi connectivity index (χ3n) is 3.24. The number of nitrogens with one attached hydrogen (secondary N) is 2. The number of halogens is 2. The van der Waals surface area contributed by atoms with Crippen LogP contribution in [0.3, 0.4) is 0 Å². The maximum Gasteiger partial charge on any atom is 0.241 e. The lowest BCUT2D eigenvalue weighted by atomic mass is 9.92. The number of benzene rings is 1. The normalized spacial score (nSPS) is 23.7. The molecule has 1 fully saturated rings. The molecule has 3 nitrogen and oxygen atoms in total. The molecule has 2 unspecified atom stereocenters. The van der Waals surface area contributed by atoms with Crippen LogP contribution in [0, 0.1) is 17.6 Å². The number of hydrogen-bond acceptors (Lipinski definition) is 2. The van der Waals surface area contributed by atoms with Gasteiger partial charge >= 0.3 is 0 Å². The molecule has 0 bridgehead atoms. The van der Waals surface area contributed by atoms with E-state index in [-0.39, 0.29) is 23.6 Å². The standard InChI is InChI=1S/C13H16F2N2O/c1-8-3-2-6-16-12(8)13(18)17-9-4-5-10(14)11(15)7-9/h4-5,7-8,12,16H,2-3,6H2,1H3,(H,17,18). The molecule has 2 atom stereocenters. The zero-order chi connectivity index (χ0) is 13.1. The van der Waals surface area contributed by atoms with Gasteiger partial charge in [-0.2, -0.15) is 0 Å². The predicted molar refractivity (Wildman–Crippen MR) is 65.2 cm³/mol. The molecule has 0 saturated carbocycles. The largest absolute Gasteiger partial charge is 0.325 e. The van der Waals surface area contributed by atoms with Gasteiger partial charge in [-0.3, -0.25) is 4.79 Å². The second-order valence-corrected chi connectivity index (χ2v) is 4.67. The summed E-state index contributed by atoms with van der Waals surface area (Å²) in [4.78, 5) is 12.0. The number of anilines is 1. The fourth-order valence-electron chi connectivity index (χ4n) is 2.19. The highest BCUT2D eigenvalue weighted by atomic mass is 19.2. The number of hydrogen-bond donors (Lipinski definition) is 2. The fourth-order valence-corrected chi connectivity index (χ4v) is 2.19. The molecule has 0 spiro atoms. The SMILES string of the molecule is CC1CCCNC1C(=O)Nc1ccc(F)c(F)c1. The Balaban J connectivity index is 2.04. The van der Waals surface area contributed by atoms with Crippen LogP contribution in [0.25, 0.3) is 0 Å². The van der Waals surface area contributed by atoms with Gasteiger partial charge in [-0.25, -0.2) is 8.78 Å². The van der Waals surface area contributed by atoms with Crippen molar-refractivity contribution in [2.75, 3.05) is 11.9 Å². The smallest absolute Gasteiger partial charge is 0.241 e. The molecule has 1 amide bonds. The molecule has 18 heavy (non-hydrogen) atoms. The molecule has 0 radical (unpaired) electrons. The van der Waals surface area contributed by atoms with E-state index >= 15 is 0 Å². The Labute approximate surface area is 105 Å². The summed E-state index contributed by atoms with van der Waals surface area (Å²) in [6, 6.07) is 3.07. The van der Waals surface area contributed by atoms with Crippen LogP contribution >= 0.6 is 0 Å². The molecule has 0 aromatic heterocycles.